The molecule has 0 saturated heterocycles. The van der Waals surface area contributed by atoms with Crippen LogP contribution in [0.2, 0.25) is 5.02 Å². The number of esters is 1. The van der Waals surface area contributed by atoms with E-state index in [1.165, 1.54) is 20.3 Å². The van der Waals surface area contributed by atoms with Crippen molar-refractivity contribution >= 4 is 45.8 Å². The first-order valence-electron chi connectivity index (χ1n) is 3.92. The molecular formula is C9H9ClINO3. The van der Waals surface area contributed by atoms with E-state index in [4.69, 9.17) is 22.1 Å². The second kappa shape index (κ2) is 4.89. The molecule has 1 aromatic rings. The summed E-state index contributed by atoms with van der Waals surface area (Å²) in [4.78, 5) is 11.4. The molecule has 0 saturated carbocycles. The van der Waals surface area contributed by atoms with Crippen molar-refractivity contribution in [3.05, 3.63) is 20.2 Å². The zero-order valence-corrected chi connectivity index (χ0v) is 11.0. The zero-order valence-electron chi connectivity index (χ0n) is 8.14. The highest BCUT2D eigenvalue weighted by atomic mass is 127. The Balaban J connectivity index is 3.45. The van der Waals surface area contributed by atoms with Gasteiger partial charge in [-0.1, -0.05) is 11.6 Å². The molecule has 0 fully saturated rings. The van der Waals surface area contributed by atoms with Crippen molar-refractivity contribution in [1.82, 2.24) is 0 Å². The van der Waals surface area contributed by atoms with Gasteiger partial charge >= 0.3 is 5.97 Å². The van der Waals surface area contributed by atoms with E-state index in [0.29, 0.717) is 20.0 Å². The number of nitrogen functional groups attached to an aromatic ring is 1. The summed E-state index contributed by atoms with van der Waals surface area (Å²) in [6.45, 7) is 0. The molecule has 15 heavy (non-hydrogen) atoms. The van der Waals surface area contributed by atoms with Gasteiger partial charge in [0.2, 0.25) is 0 Å². The SMILES string of the molecule is COC(=O)c1cc(Cl)c(N)c(I)c1OC. The van der Waals surface area contributed by atoms with Crippen LogP contribution in [0.25, 0.3) is 0 Å². The maximum atomic E-state index is 11.4. The molecule has 0 aliphatic carbocycles. The molecule has 0 aliphatic heterocycles. The number of halogens is 2. The van der Waals surface area contributed by atoms with Crippen LogP contribution in [-0.2, 0) is 4.74 Å². The van der Waals surface area contributed by atoms with E-state index in [1.54, 1.807) is 0 Å². The first-order chi connectivity index (χ1) is 7.02. The Morgan fingerprint density at radius 2 is 2.13 bits per heavy atom. The van der Waals surface area contributed by atoms with Gasteiger partial charge in [-0.25, -0.2) is 4.79 Å². The van der Waals surface area contributed by atoms with Crippen LogP contribution in [-0.4, -0.2) is 20.2 Å². The van der Waals surface area contributed by atoms with Crippen LogP contribution >= 0.6 is 34.2 Å². The number of carbonyl (C=O) groups excluding carboxylic acids is 1. The summed E-state index contributed by atoms with van der Waals surface area (Å²) in [7, 11) is 2.75. The maximum absolute atomic E-state index is 11.4. The zero-order chi connectivity index (χ0) is 11.6. The fraction of sp³-hybridized carbons (Fsp3) is 0.222. The number of hydrogen-bond donors (Lipinski definition) is 1. The lowest BCUT2D eigenvalue weighted by atomic mass is 10.2. The van der Waals surface area contributed by atoms with Crippen molar-refractivity contribution in [2.24, 2.45) is 0 Å². The Morgan fingerprint density at radius 3 is 2.60 bits per heavy atom. The Morgan fingerprint density at radius 1 is 1.53 bits per heavy atom. The van der Waals surface area contributed by atoms with Crippen LogP contribution in [0.15, 0.2) is 6.07 Å². The molecule has 6 heteroatoms. The summed E-state index contributed by atoms with van der Waals surface area (Å²) in [5.74, 6) is -0.129. The van der Waals surface area contributed by atoms with Crippen molar-refractivity contribution in [3.8, 4) is 5.75 Å². The summed E-state index contributed by atoms with van der Waals surface area (Å²) in [5, 5.41) is 0.306. The Hall–Kier alpha value is -0.690. The van der Waals surface area contributed by atoms with Gasteiger partial charge in [0.25, 0.3) is 0 Å². The highest BCUT2D eigenvalue weighted by Crippen LogP contribution is 2.36. The minimum absolute atomic E-state index is 0.267. The molecule has 0 radical (unpaired) electrons. The van der Waals surface area contributed by atoms with Gasteiger partial charge in [0.15, 0.2) is 0 Å². The van der Waals surface area contributed by atoms with Gasteiger partial charge in [0.05, 0.1) is 28.5 Å². The fourth-order valence-electron chi connectivity index (χ4n) is 1.08. The molecule has 0 atom stereocenters. The van der Waals surface area contributed by atoms with E-state index in [0.717, 1.165) is 0 Å². The number of benzene rings is 1. The van der Waals surface area contributed by atoms with Crippen molar-refractivity contribution in [1.29, 1.82) is 0 Å². The lowest BCUT2D eigenvalue weighted by molar-refractivity contribution is 0.0597. The second-order valence-corrected chi connectivity index (χ2v) is 4.14. The summed E-state index contributed by atoms with van der Waals surface area (Å²) < 4.78 is 10.3. The lowest BCUT2D eigenvalue weighted by Gasteiger charge is -2.11. The summed E-state index contributed by atoms with van der Waals surface area (Å²) in [6.07, 6.45) is 0. The average Bonchev–Trinajstić information content (AvgIpc) is 2.24. The van der Waals surface area contributed by atoms with Crippen molar-refractivity contribution in [2.75, 3.05) is 20.0 Å². The largest absolute Gasteiger partial charge is 0.495 e. The van der Waals surface area contributed by atoms with Crippen LogP contribution in [0.5, 0.6) is 5.75 Å². The summed E-state index contributed by atoms with van der Waals surface area (Å²) in [5.41, 5.74) is 6.35. The molecule has 4 nitrogen and oxygen atoms in total. The highest BCUT2D eigenvalue weighted by Gasteiger charge is 2.19. The molecule has 0 heterocycles. The molecule has 0 spiro atoms. The van der Waals surface area contributed by atoms with Crippen LogP contribution in [0.4, 0.5) is 5.69 Å². The Kier molecular flexibility index (Phi) is 4.04. The highest BCUT2D eigenvalue weighted by molar-refractivity contribution is 14.1. The minimum atomic E-state index is -0.508. The van der Waals surface area contributed by atoms with E-state index >= 15 is 0 Å². The standard InChI is InChI=1S/C9H9ClINO3/c1-14-8-4(9(13)15-2)3-5(10)7(12)6(8)11/h3H,12H2,1-2H3. The van der Waals surface area contributed by atoms with Crippen LogP contribution in [0.3, 0.4) is 0 Å². The number of carbonyl (C=O) groups is 1. The maximum Gasteiger partial charge on any atom is 0.341 e. The molecule has 82 valence electrons. The molecule has 0 aromatic heterocycles. The number of rotatable bonds is 2. The van der Waals surface area contributed by atoms with Gasteiger partial charge in [-0.2, -0.15) is 0 Å². The molecule has 0 unspecified atom stereocenters. The molecule has 1 aromatic carbocycles. The fourth-order valence-corrected chi connectivity index (χ4v) is 2.24. The Bertz CT molecular complexity index is 409. The van der Waals surface area contributed by atoms with Gasteiger partial charge in [0.1, 0.15) is 11.3 Å². The van der Waals surface area contributed by atoms with Gasteiger partial charge < -0.3 is 15.2 Å². The number of hydrogen-bond acceptors (Lipinski definition) is 4. The van der Waals surface area contributed by atoms with E-state index < -0.39 is 5.97 Å². The van der Waals surface area contributed by atoms with Crippen LogP contribution < -0.4 is 10.5 Å². The molecule has 0 bridgehead atoms. The Labute approximate surface area is 106 Å². The predicted octanol–water partition coefficient (Wildman–Crippen LogP) is 2.32. The average molecular weight is 342 g/mol. The first-order valence-corrected chi connectivity index (χ1v) is 5.38. The van der Waals surface area contributed by atoms with E-state index in [1.807, 2.05) is 22.6 Å². The van der Waals surface area contributed by atoms with Crippen LogP contribution in [0.1, 0.15) is 10.4 Å². The summed E-state index contributed by atoms with van der Waals surface area (Å²) in [6, 6.07) is 1.43. The van der Waals surface area contributed by atoms with Crippen LogP contribution in [0, 0.1) is 3.57 Å². The van der Waals surface area contributed by atoms with Crippen molar-refractivity contribution < 1.29 is 14.3 Å². The monoisotopic (exact) mass is 341 g/mol. The number of anilines is 1. The van der Waals surface area contributed by atoms with Gasteiger partial charge in [-0.05, 0) is 28.7 Å². The number of methoxy groups -OCH3 is 2. The smallest absolute Gasteiger partial charge is 0.341 e. The molecule has 1 rings (SSSR count). The third-order valence-corrected chi connectivity index (χ3v) is 3.20. The first kappa shape index (κ1) is 12.4. The lowest BCUT2D eigenvalue weighted by Crippen LogP contribution is -2.07. The third kappa shape index (κ3) is 2.28. The van der Waals surface area contributed by atoms with E-state index in [2.05, 4.69) is 4.74 Å². The van der Waals surface area contributed by atoms with Gasteiger partial charge in [-0.3, -0.25) is 0 Å². The topological polar surface area (TPSA) is 61.5 Å². The van der Waals surface area contributed by atoms with E-state index in [-0.39, 0.29) is 5.56 Å². The predicted molar refractivity (Wildman–Crippen MR) is 66.5 cm³/mol. The normalized spacial score (nSPS) is 9.87. The minimum Gasteiger partial charge on any atom is -0.495 e. The molecule has 0 amide bonds. The molecule has 0 aliphatic rings. The third-order valence-electron chi connectivity index (χ3n) is 1.82. The second-order valence-electron chi connectivity index (χ2n) is 2.66. The van der Waals surface area contributed by atoms with Gasteiger partial charge in [0, 0.05) is 0 Å². The summed E-state index contributed by atoms with van der Waals surface area (Å²) >= 11 is 7.82. The quantitative estimate of drug-likeness (QED) is 0.509. The van der Waals surface area contributed by atoms with Crippen molar-refractivity contribution in [3.63, 3.8) is 0 Å². The molecular weight excluding hydrogens is 332 g/mol. The van der Waals surface area contributed by atoms with Gasteiger partial charge in [-0.15, -0.1) is 0 Å². The van der Waals surface area contributed by atoms with E-state index in [9.17, 15) is 4.79 Å². The number of ether oxygens (including phenoxy) is 2. The number of nitrogens with two attached hydrogens (primary N) is 1. The van der Waals surface area contributed by atoms with Crippen molar-refractivity contribution in [2.45, 2.75) is 0 Å². The molecule has 2 N–H and O–H groups in total.